The molecule has 3 rings (SSSR count). The van der Waals surface area contributed by atoms with Gasteiger partial charge in [-0.1, -0.05) is 0 Å². The van der Waals surface area contributed by atoms with Crippen molar-refractivity contribution in [3.05, 3.63) is 12.1 Å². The van der Waals surface area contributed by atoms with Gasteiger partial charge in [0.25, 0.3) is 0 Å². The van der Waals surface area contributed by atoms with E-state index in [0.29, 0.717) is 25.5 Å². The Morgan fingerprint density at radius 1 is 0.900 bits per heavy atom. The minimum atomic E-state index is -4.49. The molecule has 2 aliphatic heterocycles. The molecule has 0 unspecified atom stereocenters. The zero-order chi connectivity index (χ0) is 21.8. The van der Waals surface area contributed by atoms with Crippen LogP contribution >= 0.6 is 0 Å². The highest BCUT2D eigenvalue weighted by Crippen LogP contribution is 2.23. The van der Waals surface area contributed by atoms with Gasteiger partial charge in [0.2, 0.25) is 10.0 Å². The molecule has 30 heavy (non-hydrogen) atoms. The Morgan fingerprint density at radius 3 is 1.83 bits per heavy atom. The van der Waals surface area contributed by atoms with Gasteiger partial charge in [-0.2, -0.15) is 17.5 Å². The van der Waals surface area contributed by atoms with Crippen molar-refractivity contribution in [3.8, 4) is 0 Å². The molecule has 0 atom stereocenters. The fourth-order valence-electron chi connectivity index (χ4n) is 3.57. The number of halogens is 3. The van der Waals surface area contributed by atoms with E-state index in [-0.39, 0.29) is 19.7 Å². The normalized spacial score (nSPS) is 20.0. The molecule has 0 saturated carbocycles. The van der Waals surface area contributed by atoms with Crippen LogP contribution in [0, 0.1) is 0 Å². The number of anilines is 2. The number of hydrogen-bond acceptors (Lipinski definition) is 8. The van der Waals surface area contributed by atoms with Crippen molar-refractivity contribution in [1.82, 2.24) is 19.4 Å². The summed E-state index contributed by atoms with van der Waals surface area (Å²) in [6, 6.07) is 3.70. The predicted molar refractivity (Wildman–Crippen MR) is 106 cm³/mol. The zero-order valence-corrected chi connectivity index (χ0v) is 17.4. The van der Waals surface area contributed by atoms with Crippen LogP contribution in [0.1, 0.15) is 6.42 Å². The van der Waals surface area contributed by atoms with Crippen LogP contribution in [0.5, 0.6) is 0 Å². The van der Waals surface area contributed by atoms with Crippen molar-refractivity contribution >= 4 is 21.7 Å². The summed E-state index contributed by atoms with van der Waals surface area (Å²) in [7, 11) is -3.93. The number of β-amino-alcohol motifs (C(OH)–C–C–N with tert-alkyl or cyclic N) is 1. The van der Waals surface area contributed by atoms with E-state index in [1.165, 1.54) is 0 Å². The van der Waals surface area contributed by atoms with Gasteiger partial charge in [0.05, 0.1) is 18.8 Å². The van der Waals surface area contributed by atoms with Gasteiger partial charge >= 0.3 is 6.18 Å². The van der Waals surface area contributed by atoms with E-state index in [1.807, 2.05) is 17.0 Å². The van der Waals surface area contributed by atoms with Gasteiger partial charge in [0.1, 0.15) is 0 Å². The Balaban J connectivity index is 1.50. The molecular formula is C17H27F3N6O3S. The maximum Gasteiger partial charge on any atom is 0.390 e. The quantitative estimate of drug-likeness (QED) is 0.618. The number of aliphatic hydroxyl groups is 1. The molecule has 2 aliphatic rings. The third-order valence-electron chi connectivity index (χ3n) is 5.35. The summed E-state index contributed by atoms with van der Waals surface area (Å²) in [6.07, 6.45) is -5.82. The summed E-state index contributed by atoms with van der Waals surface area (Å²) in [5.74, 6) is 0.456. The van der Waals surface area contributed by atoms with Crippen molar-refractivity contribution in [2.24, 2.45) is 0 Å². The second-order valence-corrected chi connectivity index (χ2v) is 9.46. The van der Waals surface area contributed by atoms with Crippen molar-refractivity contribution in [2.45, 2.75) is 12.6 Å². The van der Waals surface area contributed by atoms with Crippen LogP contribution in [0.4, 0.5) is 24.8 Å². The second kappa shape index (κ2) is 9.62. The van der Waals surface area contributed by atoms with Gasteiger partial charge in [-0.15, -0.1) is 10.2 Å². The molecule has 0 bridgehead atoms. The van der Waals surface area contributed by atoms with Crippen LogP contribution in [0.2, 0.25) is 0 Å². The first-order valence-corrected chi connectivity index (χ1v) is 11.5. The van der Waals surface area contributed by atoms with Crippen molar-refractivity contribution in [2.75, 3.05) is 81.1 Å². The Kier molecular flexibility index (Phi) is 7.37. The summed E-state index contributed by atoms with van der Waals surface area (Å²) in [5.41, 5.74) is 0. The third kappa shape index (κ3) is 6.15. The number of sulfonamides is 1. The lowest BCUT2D eigenvalue weighted by atomic mass is 10.3. The molecule has 2 saturated heterocycles. The maximum absolute atomic E-state index is 12.3. The maximum atomic E-state index is 12.3. The van der Waals surface area contributed by atoms with Gasteiger partial charge in [-0.25, -0.2) is 8.42 Å². The lowest BCUT2D eigenvalue weighted by molar-refractivity contribution is -0.130. The SMILES string of the molecule is O=S(=O)(CCC(F)(F)F)N1CCN(c2ccc(N3CCN(CCO)CC3)nn2)CC1. The van der Waals surface area contributed by atoms with Gasteiger partial charge in [0, 0.05) is 58.9 Å². The first kappa shape index (κ1) is 23.0. The van der Waals surface area contributed by atoms with E-state index < -0.39 is 28.4 Å². The molecule has 170 valence electrons. The molecule has 0 aromatic carbocycles. The highest BCUT2D eigenvalue weighted by Gasteiger charge is 2.34. The molecule has 1 aromatic rings. The molecule has 0 aliphatic carbocycles. The van der Waals surface area contributed by atoms with Crippen molar-refractivity contribution < 1.29 is 26.7 Å². The number of nitrogens with zero attached hydrogens (tertiary/aromatic N) is 6. The van der Waals surface area contributed by atoms with Crippen molar-refractivity contribution in [1.29, 1.82) is 0 Å². The Morgan fingerprint density at radius 2 is 1.40 bits per heavy atom. The van der Waals surface area contributed by atoms with Crippen LogP contribution in [-0.4, -0.2) is 110 Å². The fourth-order valence-corrected chi connectivity index (χ4v) is 5.03. The molecule has 0 radical (unpaired) electrons. The first-order chi connectivity index (χ1) is 14.2. The van der Waals surface area contributed by atoms with Crippen molar-refractivity contribution in [3.63, 3.8) is 0 Å². The zero-order valence-electron chi connectivity index (χ0n) is 16.6. The first-order valence-electron chi connectivity index (χ1n) is 9.89. The summed E-state index contributed by atoms with van der Waals surface area (Å²) in [5, 5.41) is 17.5. The number of hydrogen-bond donors (Lipinski definition) is 1. The lowest BCUT2D eigenvalue weighted by Gasteiger charge is -2.36. The number of aliphatic hydroxyl groups excluding tert-OH is 1. The smallest absolute Gasteiger partial charge is 0.390 e. The van der Waals surface area contributed by atoms with Crippen LogP contribution < -0.4 is 9.80 Å². The molecule has 0 spiro atoms. The lowest BCUT2D eigenvalue weighted by Crippen LogP contribution is -2.50. The summed E-state index contributed by atoms with van der Waals surface area (Å²) >= 11 is 0. The van der Waals surface area contributed by atoms with E-state index in [1.54, 1.807) is 0 Å². The molecular weight excluding hydrogens is 425 g/mol. The molecule has 0 amide bonds. The number of piperazine rings is 2. The van der Waals surface area contributed by atoms with Crippen LogP contribution in [-0.2, 0) is 10.0 Å². The topological polar surface area (TPSA) is 93.1 Å². The van der Waals surface area contributed by atoms with E-state index in [4.69, 9.17) is 5.11 Å². The van der Waals surface area contributed by atoms with E-state index in [0.717, 1.165) is 36.3 Å². The molecule has 1 N–H and O–H groups in total. The summed E-state index contributed by atoms with van der Waals surface area (Å²) in [6.45, 7) is 5.02. The highest BCUT2D eigenvalue weighted by molar-refractivity contribution is 7.89. The largest absolute Gasteiger partial charge is 0.395 e. The molecule has 2 fully saturated rings. The minimum Gasteiger partial charge on any atom is -0.395 e. The molecule has 3 heterocycles. The number of alkyl halides is 3. The Hall–Kier alpha value is -1.70. The number of rotatable bonds is 7. The average molecular weight is 453 g/mol. The monoisotopic (exact) mass is 452 g/mol. The summed E-state index contributed by atoms with van der Waals surface area (Å²) < 4.78 is 62.4. The standard InChI is InChI=1S/C17H27F3N6O3S/c18-17(19,20)3-14-30(28,29)26-10-8-25(9-11-26)16-2-1-15(21-22-16)24-6-4-23(5-7-24)12-13-27/h1-2,27H,3-14H2. The van der Waals surface area contributed by atoms with Gasteiger partial charge < -0.3 is 14.9 Å². The Bertz CT molecular complexity index is 777. The van der Waals surface area contributed by atoms with Gasteiger partial charge in [-0.05, 0) is 12.1 Å². The second-order valence-electron chi connectivity index (χ2n) is 7.37. The summed E-state index contributed by atoms with van der Waals surface area (Å²) in [4.78, 5) is 6.18. The van der Waals surface area contributed by atoms with Crippen LogP contribution in [0.25, 0.3) is 0 Å². The number of aromatic nitrogens is 2. The average Bonchev–Trinajstić information content (AvgIpc) is 2.73. The fraction of sp³-hybridized carbons (Fsp3) is 0.765. The van der Waals surface area contributed by atoms with Crippen LogP contribution in [0.3, 0.4) is 0 Å². The molecule has 13 heteroatoms. The Labute approximate surface area is 174 Å². The van der Waals surface area contributed by atoms with Gasteiger partial charge in [0.15, 0.2) is 11.6 Å². The third-order valence-corrected chi connectivity index (χ3v) is 7.22. The van der Waals surface area contributed by atoms with Gasteiger partial charge in [-0.3, -0.25) is 4.90 Å². The van der Waals surface area contributed by atoms with Crippen LogP contribution in [0.15, 0.2) is 12.1 Å². The minimum absolute atomic E-state index is 0.121. The van der Waals surface area contributed by atoms with E-state index in [2.05, 4.69) is 20.0 Å². The van der Waals surface area contributed by atoms with E-state index >= 15 is 0 Å². The van der Waals surface area contributed by atoms with E-state index in [9.17, 15) is 21.6 Å². The molecule has 9 nitrogen and oxygen atoms in total. The highest BCUT2D eigenvalue weighted by atomic mass is 32.2. The predicted octanol–water partition coefficient (Wildman–Crippen LogP) is -0.00490. The molecule has 1 aromatic heterocycles.